The van der Waals surface area contributed by atoms with E-state index in [2.05, 4.69) is 10.3 Å². The molecule has 5 heteroatoms. The van der Waals surface area contributed by atoms with Crippen molar-refractivity contribution in [3.63, 3.8) is 0 Å². The second-order valence-electron chi connectivity index (χ2n) is 7.70. The summed E-state index contributed by atoms with van der Waals surface area (Å²) < 4.78 is 0. The van der Waals surface area contributed by atoms with Crippen molar-refractivity contribution in [2.24, 2.45) is 17.3 Å². The molecule has 2 atom stereocenters. The van der Waals surface area contributed by atoms with Crippen LogP contribution in [0, 0.1) is 24.2 Å². The summed E-state index contributed by atoms with van der Waals surface area (Å²) in [7, 11) is 0. The summed E-state index contributed by atoms with van der Waals surface area (Å²) >= 11 is 1.48. The first kappa shape index (κ1) is 13.7. The highest BCUT2D eigenvalue weighted by Crippen LogP contribution is 2.62. The molecule has 0 aliphatic heterocycles. The number of aliphatic hydroxyl groups is 1. The summed E-state index contributed by atoms with van der Waals surface area (Å²) in [5.41, 5.74) is 0.497. The lowest BCUT2D eigenvalue weighted by Crippen LogP contribution is -2.56. The van der Waals surface area contributed by atoms with Crippen molar-refractivity contribution in [3.05, 3.63) is 11.1 Å². The molecule has 2 N–H and O–H groups in total. The molecule has 4 saturated carbocycles. The highest BCUT2D eigenvalue weighted by Gasteiger charge is 2.57. The van der Waals surface area contributed by atoms with Crippen LogP contribution >= 0.6 is 11.3 Å². The smallest absolute Gasteiger partial charge is 0.226 e. The van der Waals surface area contributed by atoms with E-state index in [-0.39, 0.29) is 11.3 Å². The van der Waals surface area contributed by atoms with Crippen molar-refractivity contribution < 1.29 is 9.90 Å². The van der Waals surface area contributed by atoms with Crippen molar-refractivity contribution in [2.45, 2.75) is 57.5 Å². The largest absolute Gasteiger partial charge is 0.390 e. The van der Waals surface area contributed by atoms with Crippen LogP contribution in [0.4, 0.5) is 5.13 Å². The van der Waals surface area contributed by atoms with Gasteiger partial charge in [-0.2, -0.15) is 0 Å². The molecule has 5 rings (SSSR count). The summed E-state index contributed by atoms with van der Waals surface area (Å²) in [6.45, 7) is 1.93. The van der Waals surface area contributed by atoms with Gasteiger partial charge in [-0.25, -0.2) is 4.98 Å². The van der Waals surface area contributed by atoms with Gasteiger partial charge in [0.05, 0.1) is 11.3 Å². The predicted octanol–water partition coefficient (Wildman–Crippen LogP) is 3.11. The molecule has 2 unspecified atom stereocenters. The maximum atomic E-state index is 12.4. The minimum Gasteiger partial charge on any atom is -0.390 e. The Bertz CT molecular complexity index is 569. The molecule has 4 fully saturated rings. The quantitative estimate of drug-likeness (QED) is 0.902. The number of aromatic nitrogens is 1. The van der Waals surface area contributed by atoms with Gasteiger partial charge >= 0.3 is 0 Å². The summed E-state index contributed by atoms with van der Waals surface area (Å²) in [6, 6.07) is 0. The van der Waals surface area contributed by atoms with Crippen LogP contribution in [0.2, 0.25) is 0 Å². The molecular formula is C16H22N2O2S. The maximum absolute atomic E-state index is 12.4. The average Bonchev–Trinajstić information content (AvgIpc) is 2.69. The van der Waals surface area contributed by atoms with E-state index >= 15 is 0 Å². The lowest BCUT2D eigenvalue weighted by atomic mass is 9.47. The van der Waals surface area contributed by atoms with Crippen LogP contribution in [0.15, 0.2) is 5.38 Å². The first-order chi connectivity index (χ1) is 9.94. The number of thiazole rings is 1. The molecule has 0 aromatic carbocycles. The number of nitrogens with one attached hydrogen (secondary N) is 1. The van der Waals surface area contributed by atoms with Gasteiger partial charge in [-0.05, 0) is 62.7 Å². The molecular weight excluding hydrogens is 284 g/mol. The molecule has 1 amide bonds. The lowest BCUT2D eigenvalue weighted by molar-refractivity contribution is -0.167. The second-order valence-corrected chi connectivity index (χ2v) is 8.56. The highest BCUT2D eigenvalue weighted by atomic mass is 32.1. The molecule has 114 valence electrons. The van der Waals surface area contributed by atoms with Crippen molar-refractivity contribution in [1.29, 1.82) is 0 Å². The average molecular weight is 306 g/mol. The van der Waals surface area contributed by atoms with Gasteiger partial charge in [-0.15, -0.1) is 11.3 Å². The Labute approximate surface area is 129 Å². The van der Waals surface area contributed by atoms with E-state index in [9.17, 15) is 9.90 Å². The third-order valence-electron chi connectivity index (χ3n) is 5.55. The molecule has 4 aliphatic rings. The molecule has 21 heavy (non-hydrogen) atoms. The normalized spacial score (nSPS) is 40.5. The summed E-state index contributed by atoms with van der Waals surface area (Å²) in [6.07, 6.45) is 6.78. The number of carbonyl (C=O) groups is 1. The minimum absolute atomic E-state index is 0.0369. The molecule has 0 spiro atoms. The van der Waals surface area contributed by atoms with Crippen LogP contribution < -0.4 is 5.32 Å². The number of rotatable bonds is 3. The van der Waals surface area contributed by atoms with Gasteiger partial charge in [0, 0.05) is 11.8 Å². The van der Waals surface area contributed by atoms with Gasteiger partial charge < -0.3 is 10.4 Å². The summed E-state index contributed by atoms with van der Waals surface area (Å²) in [5, 5.41) is 16.3. The van der Waals surface area contributed by atoms with Crippen molar-refractivity contribution in [3.8, 4) is 0 Å². The number of amides is 1. The van der Waals surface area contributed by atoms with E-state index in [1.54, 1.807) is 0 Å². The number of carbonyl (C=O) groups excluding carboxylic acids is 1. The van der Waals surface area contributed by atoms with E-state index in [1.807, 2.05) is 12.3 Å². The van der Waals surface area contributed by atoms with Crippen molar-refractivity contribution in [2.75, 3.05) is 5.32 Å². The van der Waals surface area contributed by atoms with Crippen LogP contribution in [0.1, 0.15) is 50.6 Å². The Kier molecular flexibility index (Phi) is 2.95. The zero-order chi connectivity index (χ0) is 14.7. The van der Waals surface area contributed by atoms with Gasteiger partial charge in [0.15, 0.2) is 5.13 Å². The Morgan fingerprint density at radius 2 is 2.14 bits per heavy atom. The number of hydrogen-bond donors (Lipinski definition) is 2. The molecule has 0 saturated heterocycles. The molecule has 1 aromatic heterocycles. The Balaban J connectivity index is 1.47. The van der Waals surface area contributed by atoms with E-state index in [0.29, 0.717) is 23.4 Å². The molecule has 4 nitrogen and oxygen atoms in total. The molecule has 0 radical (unpaired) electrons. The first-order valence-electron chi connectivity index (χ1n) is 7.88. The number of anilines is 1. The number of aryl methyl sites for hydroxylation is 1. The van der Waals surface area contributed by atoms with Crippen LogP contribution in [0.25, 0.3) is 0 Å². The van der Waals surface area contributed by atoms with Gasteiger partial charge in [0.25, 0.3) is 0 Å². The van der Waals surface area contributed by atoms with Crippen LogP contribution in [0.5, 0.6) is 0 Å². The SMILES string of the molecule is Cc1csc(NC(=O)CC23CC4CC(CC(O)(C4)C2)C3)n1. The number of hydrogen-bond acceptors (Lipinski definition) is 4. The van der Waals surface area contributed by atoms with Gasteiger partial charge in [0.1, 0.15) is 0 Å². The summed E-state index contributed by atoms with van der Waals surface area (Å²) in [4.78, 5) is 16.7. The molecule has 4 aliphatic carbocycles. The van der Waals surface area contributed by atoms with Crippen LogP contribution in [-0.2, 0) is 4.79 Å². The Morgan fingerprint density at radius 1 is 1.43 bits per heavy atom. The molecule has 1 aromatic rings. The predicted molar refractivity (Wildman–Crippen MR) is 82.2 cm³/mol. The van der Waals surface area contributed by atoms with E-state index in [4.69, 9.17) is 0 Å². The summed E-state index contributed by atoms with van der Waals surface area (Å²) in [5.74, 6) is 1.33. The van der Waals surface area contributed by atoms with E-state index in [1.165, 1.54) is 17.8 Å². The van der Waals surface area contributed by atoms with E-state index in [0.717, 1.165) is 37.8 Å². The van der Waals surface area contributed by atoms with E-state index < -0.39 is 5.60 Å². The molecule has 1 heterocycles. The standard InChI is InChI=1S/C16H22N2O2S/c1-10-8-21-14(17-10)18-13(19)7-15-3-11-2-12(4-15)6-16(20,5-11)9-15/h8,11-12,20H,2-7,9H2,1H3,(H,17,18,19). The Morgan fingerprint density at radius 3 is 2.71 bits per heavy atom. The second kappa shape index (κ2) is 4.53. The van der Waals surface area contributed by atoms with Crippen molar-refractivity contribution >= 4 is 22.4 Å². The molecule has 4 bridgehead atoms. The fraction of sp³-hybridized carbons (Fsp3) is 0.750. The first-order valence-corrected chi connectivity index (χ1v) is 8.76. The van der Waals surface area contributed by atoms with Crippen LogP contribution in [0.3, 0.4) is 0 Å². The third kappa shape index (κ3) is 2.50. The van der Waals surface area contributed by atoms with Gasteiger partial charge in [-0.3, -0.25) is 4.79 Å². The third-order valence-corrected chi connectivity index (χ3v) is 6.43. The van der Waals surface area contributed by atoms with Crippen LogP contribution in [-0.4, -0.2) is 21.6 Å². The van der Waals surface area contributed by atoms with Crippen molar-refractivity contribution in [1.82, 2.24) is 4.98 Å². The van der Waals surface area contributed by atoms with Gasteiger partial charge in [0.2, 0.25) is 5.91 Å². The zero-order valence-corrected chi connectivity index (χ0v) is 13.2. The fourth-order valence-corrected chi connectivity index (χ4v) is 6.23. The number of nitrogens with zero attached hydrogens (tertiary/aromatic N) is 1. The maximum Gasteiger partial charge on any atom is 0.226 e. The lowest BCUT2D eigenvalue weighted by Gasteiger charge is -2.60. The Hall–Kier alpha value is -0.940. The van der Waals surface area contributed by atoms with Gasteiger partial charge in [-0.1, -0.05) is 0 Å². The monoisotopic (exact) mass is 306 g/mol. The highest BCUT2D eigenvalue weighted by molar-refractivity contribution is 7.13. The topological polar surface area (TPSA) is 62.2 Å². The fourth-order valence-electron chi connectivity index (χ4n) is 5.52. The zero-order valence-electron chi connectivity index (χ0n) is 12.4. The minimum atomic E-state index is -0.484.